The average Bonchev–Trinajstić information content (AvgIpc) is 3.52. The first-order chi connectivity index (χ1) is 16.2. The third kappa shape index (κ3) is 6.52. The molecule has 0 saturated heterocycles. The van der Waals surface area contributed by atoms with E-state index in [0.29, 0.717) is 24.8 Å². The van der Waals surface area contributed by atoms with Gasteiger partial charge in [-0.25, -0.2) is 0 Å². The Labute approximate surface area is 196 Å². The Morgan fingerprint density at radius 3 is 2.70 bits per heavy atom. The molecule has 0 radical (unpaired) electrons. The minimum Gasteiger partial charge on any atom is -0.490 e. The number of unbranched alkanes of at least 4 members (excludes halogenated alkanes) is 1. The maximum absolute atomic E-state index is 9.26. The van der Waals surface area contributed by atoms with Gasteiger partial charge in [0.25, 0.3) is 0 Å². The van der Waals surface area contributed by atoms with Gasteiger partial charge in [-0.15, -0.1) is 10.2 Å². The van der Waals surface area contributed by atoms with Gasteiger partial charge < -0.3 is 19.9 Å². The van der Waals surface area contributed by atoms with Crippen LogP contribution in [-0.2, 0) is 17.9 Å². The van der Waals surface area contributed by atoms with E-state index in [4.69, 9.17) is 21.1 Å². The molecule has 33 heavy (non-hydrogen) atoms. The summed E-state index contributed by atoms with van der Waals surface area (Å²) in [6.07, 6.45) is 6.99. The molecular formula is C23H27ClN6O3. The van der Waals surface area contributed by atoms with Crippen molar-refractivity contribution in [2.45, 2.75) is 26.0 Å². The second-order valence-corrected chi connectivity index (χ2v) is 8.05. The van der Waals surface area contributed by atoms with E-state index < -0.39 is 0 Å². The zero-order valence-electron chi connectivity index (χ0n) is 18.2. The summed E-state index contributed by atoms with van der Waals surface area (Å²) in [6, 6.07) is 9.56. The molecule has 2 heterocycles. The van der Waals surface area contributed by atoms with Crippen molar-refractivity contribution in [3.63, 3.8) is 0 Å². The summed E-state index contributed by atoms with van der Waals surface area (Å²) in [7, 11) is 0. The fraction of sp³-hybridized carbons (Fsp3) is 0.348. The molecule has 0 amide bonds. The first kappa shape index (κ1) is 23.2. The van der Waals surface area contributed by atoms with Gasteiger partial charge in [-0.2, -0.15) is 5.10 Å². The quantitative estimate of drug-likeness (QED) is 0.257. The average molecular weight is 471 g/mol. The van der Waals surface area contributed by atoms with E-state index in [-0.39, 0.29) is 6.61 Å². The number of fused-ring (bicyclic) bond motifs is 1. The van der Waals surface area contributed by atoms with Crippen LogP contribution in [0.2, 0.25) is 5.02 Å². The molecule has 0 atom stereocenters. The van der Waals surface area contributed by atoms with Crippen molar-refractivity contribution in [1.82, 2.24) is 30.3 Å². The summed E-state index contributed by atoms with van der Waals surface area (Å²) in [6.45, 7) is 3.24. The maximum atomic E-state index is 9.26. The van der Waals surface area contributed by atoms with Gasteiger partial charge in [0.05, 0.1) is 36.0 Å². The Hall–Kier alpha value is -2.98. The number of aliphatic hydroxyl groups is 1. The van der Waals surface area contributed by atoms with Crippen molar-refractivity contribution >= 4 is 22.5 Å². The fourth-order valence-corrected chi connectivity index (χ4v) is 3.80. The molecule has 0 saturated carbocycles. The highest BCUT2D eigenvalue weighted by Crippen LogP contribution is 2.27. The minimum atomic E-state index is -0.00487. The normalized spacial score (nSPS) is 11.3. The first-order valence-electron chi connectivity index (χ1n) is 10.9. The van der Waals surface area contributed by atoms with Crippen LogP contribution in [0.3, 0.4) is 0 Å². The third-order valence-corrected chi connectivity index (χ3v) is 5.35. The van der Waals surface area contributed by atoms with Crippen LogP contribution in [0.5, 0.6) is 5.75 Å². The van der Waals surface area contributed by atoms with Crippen molar-refractivity contribution in [1.29, 1.82) is 0 Å². The second kappa shape index (κ2) is 11.8. The molecule has 174 valence electrons. The lowest BCUT2D eigenvalue weighted by molar-refractivity contribution is 0.0979. The predicted molar refractivity (Wildman–Crippen MR) is 126 cm³/mol. The maximum Gasteiger partial charge on any atom is 0.132 e. The van der Waals surface area contributed by atoms with Crippen molar-refractivity contribution in [3.05, 3.63) is 65.3 Å². The smallest absolute Gasteiger partial charge is 0.132 e. The zero-order valence-corrected chi connectivity index (χ0v) is 19.0. The molecule has 0 fully saturated rings. The predicted octanol–water partition coefficient (Wildman–Crippen LogP) is 3.25. The van der Waals surface area contributed by atoms with Gasteiger partial charge in [-0.05, 0) is 48.7 Å². The number of halogens is 1. The SMILES string of the molecule is OCc1cc(Cl)cc(CNCCCCOCCOc2cc(-n3cnnc3)cc3[nH]ncc23)c1. The monoisotopic (exact) mass is 470 g/mol. The molecule has 0 aliphatic heterocycles. The molecule has 4 rings (SSSR count). The Morgan fingerprint density at radius 2 is 1.85 bits per heavy atom. The minimum absolute atomic E-state index is 0.00487. The van der Waals surface area contributed by atoms with Crippen molar-refractivity contribution < 1.29 is 14.6 Å². The highest BCUT2D eigenvalue weighted by Gasteiger charge is 2.09. The van der Waals surface area contributed by atoms with Gasteiger partial charge in [-0.3, -0.25) is 9.67 Å². The Balaban J connectivity index is 1.12. The molecule has 0 bridgehead atoms. The van der Waals surface area contributed by atoms with Gasteiger partial charge in [-0.1, -0.05) is 17.7 Å². The molecule has 3 N–H and O–H groups in total. The second-order valence-electron chi connectivity index (χ2n) is 7.61. The number of rotatable bonds is 13. The lowest BCUT2D eigenvalue weighted by Crippen LogP contribution is -2.15. The van der Waals surface area contributed by atoms with E-state index in [0.717, 1.165) is 59.4 Å². The van der Waals surface area contributed by atoms with Crippen molar-refractivity contribution in [2.75, 3.05) is 26.4 Å². The molecule has 2 aromatic carbocycles. The van der Waals surface area contributed by atoms with Gasteiger partial charge in [0.2, 0.25) is 0 Å². The summed E-state index contributed by atoms with van der Waals surface area (Å²) >= 11 is 6.07. The van der Waals surface area contributed by atoms with Crippen LogP contribution in [0.25, 0.3) is 16.6 Å². The van der Waals surface area contributed by atoms with Crippen LogP contribution >= 0.6 is 11.6 Å². The van der Waals surface area contributed by atoms with Crippen LogP contribution < -0.4 is 10.1 Å². The van der Waals surface area contributed by atoms with E-state index in [1.165, 1.54) is 0 Å². The number of nitrogens with zero attached hydrogens (tertiary/aromatic N) is 4. The lowest BCUT2D eigenvalue weighted by Gasteiger charge is -2.11. The summed E-state index contributed by atoms with van der Waals surface area (Å²) in [5.74, 6) is 0.739. The molecule has 9 nitrogen and oxygen atoms in total. The largest absolute Gasteiger partial charge is 0.490 e. The molecule has 0 aliphatic carbocycles. The Bertz CT molecular complexity index is 1150. The Morgan fingerprint density at radius 1 is 1.00 bits per heavy atom. The molecule has 2 aromatic heterocycles. The molecule has 4 aromatic rings. The molecule has 0 spiro atoms. The van der Waals surface area contributed by atoms with Crippen molar-refractivity contribution in [2.24, 2.45) is 0 Å². The summed E-state index contributed by atoms with van der Waals surface area (Å²) in [4.78, 5) is 0. The number of aliphatic hydroxyl groups excluding tert-OH is 1. The van der Waals surface area contributed by atoms with E-state index in [1.807, 2.05) is 28.8 Å². The summed E-state index contributed by atoms with van der Waals surface area (Å²) in [5.41, 5.74) is 3.68. The van der Waals surface area contributed by atoms with Gasteiger partial charge >= 0.3 is 0 Å². The van der Waals surface area contributed by atoms with Gasteiger partial charge in [0, 0.05) is 24.2 Å². The van der Waals surface area contributed by atoms with Gasteiger partial charge in [0.15, 0.2) is 0 Å². The highest BCUT2D eigenvalue weighted by atomic mass is 35.5. The van der Waals surface area contributed by atoms with E-state index in [2.05, 4.69) is 25.7 Å². The number of benzene rings is 2. The Kier molecular flexibility index (Phi) is 8.26. The number of aromatic nitrogens is 5. The molecule has 0 unspecified atom stereocenters. The number of nitrogens with one attached hydrogen (secondary N) is 2. The number of hydrogen-bond acceptors (Lipinski definition) is 7. The van der Waals surface area contributed by atoms with Crippen LogP contribution in [0.1, 0.15) is 24.0 Å². The molecule has 10 heteroatoms. The number of hydrogen-bond donors (Lipinski definition) is 3. The van der Waals surface area contributed by atoms with Gasteiger partial charge in [0.1, 0.15) is 25.0 Å². The van der Waals surface area contributed by atoms with Crippen LogP contribution in [0.15, 0.2) is 49.2 Å². The van der Waals surface area contributed by atoms with Crippen LogP contribution in [-0.4, -0.2) is 56.4 Å². The van der Waals surface area contributed by atoms with Crippen LogP contribution in [0.4, 0.5) is 0 Å². The first-order valence-corrected chi connectivity index (χ1v) is 11.2. The number of H-pyrrole nitrogens is 1. The van der Waals surface area contributed by atoms with Crippen LogP contribution in [0, 0.1) is 0 Å². The zero-order chi connectivity index (χ0) is 22.9. The third-order valence-electron chi connectivity index (χ3n) is 5.13. The number of aromatic amines is 1. The fourth-order valence-electron chi connectivity index (χ4n) is 3.52. The summed E-state index contributed by atoms with van der Waals surface area (Å²) in [5, 5.41) is 29.0. The standard InChI is InChI=1S/C23H27ClN6O3/c24-19-8-17(7-18(9-19)14-31)12-25-3-1-2-4-32-5-6-33-23-11-20(30-15-27-28-16-30)10-22-21(23)13-26-29-22/h7-11,13,15-16,25,31H,1-6,12,14H2,(H,26,29). The highest BCUT2D eigenvalue weighted by molar-refractivity contribution is 6.30. The van der Waals surface area contributed by atoms with E-state index in [9.17, 15) is 5.11 Å². The lowest BCUT2D eigenvalue weighted by atomic mass is 10.1. The van der Waals surface area contributed by atoms with E-state index in [1.54, 1.807) is 24.9 Å². The van der Waals surface area contributed by atoms with E-state index >= 15 is 0 Å². The molecule has 0 aliphatic rings. The number of ether oxygens (including phenoxy) is 2. The summed E-state index contributed by atoms with van der Waals surface area (Å²) < 4.78 is 13.5. The topological polar surface area (TPSA) is 110 Å². The molecular weight excluding hydrogens is 444 g/mol. The van der Waals surface area contributed by atoms with Crippen molar-refractivity contribution in [3.8, 4) is 11.4 Å².